The zero-order chi connectivity index (χ0) is 20.8. The van der Waals surface area contributed by atoms with Crippen LogP contribution in [0.2, 0.25) is 0 Å². The fraction of sp³-hybridized carbons (Fsp3) is 0.391. The van der Waals surface area contributed by atoms with E-state index in [0.717, 1.165) is 16.9 Å². The van der Waals surface area contributed by atoms with E-state index in [9.17, 15) is 8.76 Å². The Morgan fingerprint density at radius 2 is 2.00 bits per heavy atom. The van der Waals surface area contributed by atoms with Crippen LogP contribution in [-0.2, 0) is 37.1 Å². The fourth-order valence-corrected chi connectivity index (χ4v) is 6.89. The Labute approximate surface area is 177 Å². The molecule has 2 unspecified atom stereocenters. The molecule has 0 radical (unpaired) electrons. The van der Waals surface area contributed by atoms with Gasteiger partial charge in [0.15, 0.2) is 10.9 Å². The standard InChI is InChI=1S/C23H25NO5S/c1-27-18-9-5-8-17(12-18)15-28-22-20(13-16-6-3-2-4-7-16)24-30(25,26)21-14-19-10-11-23(21,22)29-19/h2-12,19-22H,13-15H2,1H3,(H-,24,25,26)/t19?,20-,21-,22+,23+/m0/s1. The van der Waals surface area contributed by atoms with Crippen LogP contribution in [0.4, 0.5) is 0 Å². The van der Waals surface area contributed by atoms with Gasteiger partial charge in [-0.15, -0.1) is 4.72 Å². The molecular weight excluding hydrogens is 402 g/mol. The molecule has 158 valence electrons. The van der Waals surface area contributed by atoms with Crippen LogP contribution in [0.15, 0.2) is 66.7 Å². The molecule has 3 heterocycles. The normalized spacial score (nSPS) is 36.6. The van der Waals surface area contributed by atoms with Gasteiger partial charge < -0.3 is 18.8 Å². The first-order chi connectivity index (χ1) is 14.5. The molecule has 0 amide bonds. The van der Waals surface area contributed by atoms with Crippen LogP contribution < -0.4 is 9.46 Å². The maximum Gasteiger partial charge on any atom is 0.175 e. The average Bonchev–Trinajstić information content (AvgIpc) is 3.34. The summed E-state index contributed by atoms with van der Waals surface area (Å²) in [5.74, 6) is 0.760. The lowest BCUT2D eigenvalue weighted by atomic mass is 9.83. The molecule has 5 rings (SSSR count). The Morgan fingerprint density at radius 3 is 2.77 bits per heavy atom. The maximum absolute atomic E-state index is 13.1. The summed E-state index contributed by atoms with van der Waals surface area (Å²) in [5.41, 5.74) is 1.06. The SMILES string of the molecule is COc1cccc(CO[C@@H]2[C@H](Cc3ccccc3)N[S+](=O)([O-])[C@H]3CC4C=C[C@]23O4)c1. The number of hydrogen-bond acceptors (Lipinski definition) is 5. The van der Waals surface area contributed by atoms with Crippen molar-refractivity contribution in [2.45, 2.75) is 48.5 Å². The second-order valence-corrected chi connectivity index (χ2v) is 10.0. The highest BCUT2D eigenvalue weighted by Gasteiger charge is 2.68. The molecule has 7 heteroatoms. The second-order valence-electron chi connectivity index (χ2n) is 8.14. The van der Waals surface area contributed by atoms with Crippen molar-refractivity contribution in [1.29, 1.82) is 0 Å². The lowest BCUT2D eigenvalue weighted by Gasteiger charge is -2.47. The van der Waals surface area contributed by atoms with Crippen molar-refractivity contribution in [3.8, 4) is 5.75 Å². The lowest BCUT2D eigenvalue weighted by Crippen LogP contribution is -2.70. The predicted octanol–water partition coefficient (Wildman–Crippen LogP) is 2.81. The van der Waals surface area contributed by atoms with Gasteiger partial charge in [0, 0.05) is 6.42 Å². The largest absolute Gasteiger partial charge is 0.597 e. The van der Waals surface area contributed by atoms with Gasteiger partial charge in [0.2, 0.25) is 0 Å². The van der Waals surface area contributed by atoms with Crippen LogP contribution in [0.5, 0.6) is 5.75 Å². The van der Waals surface area contributed by atoms with Crippen molar-refractivity contribution in [2.75, 3.05) is 7.11 Å². The number of rotatable bonds is 6. The van der Waals surface area contributed by atoms with Crippen LogP contribution in [-0.4, -0.2) is 40.8 Å². The van der Waals surface area contributed by atoms with E-state index in [1.165, 1.54) is 0 Å². The Kier molecular flexibility index (Phi) is 5.03. The summed E-state index contributed by atoms with van der Waals surface area (Å²) in [7, 11) is -1.89. The second kappa shape index (κ2) is 7.59. The molecule has 6 atom stereocenters. The number of nitrogens with one attached hydrogen (secondary N) is 1. The minimum atomic E-state index is -3.52. The van der Waals surface area contributed by atoms with Gasteiger partial charge in [0.1, 0.15) is 22.3 Å². The third-order valence-corrected chi connectivity index (χ3v) is 8.18. The Bertz CT molecular complexity index is 996. The minimum Gasteiger partial charge on any atom is -0.597 e. The summed E-state index contributed by atoms with van der Waals surface area (Å²) in [5, 5.41) is -0.637. The van der Waals surface area contributed by atoms with Gasteiger partial charge in [-0.1, -0.05) is 52.7 Å². The first-order valence-electron chi connectivity index (χ1n) is 10.2. The van der Waals surface area contributed by atoms with Crippen molar-refractivity contribution in [1.82, 2.24) is 4.72 Å². The average molecular weight is 428 g/mol. The quantitative estimate of drug-likeness (QED) is 0.567. The van der Waals surface area contributed by atoms with Crippen LogP contribution in [0, 0.1) is 0 Å². The summed E-state index contributed by atoms with van der Waals surface area (Å²) in [4.78, 5) is 0. The topological polar surface area (TPSA) is 79.9 Å². The first-order valence-corrected chi connectivity index (χ1v) is 11.7. The van der Waals surface area contributed by atoms with Crippen molar-refractivity contribution in [2.24, 2.45) is 0 Å². The van der Waals surface area contributed by atoms with Crippen LogP contribution in [0.3, 0.4) is 0 Å². The van der Waals surface area contributed by atoms with Crippen molar-refractivity contribution < 1.29 is 23.0 Å². The predicted molar refractivity (Wildman–Crippen MR) is 113 cm³/mol. The summed E-state index contributed by atoms with van der Waals surface area (Å²) >= 11 is 0. The fourth-order valence-electron chi connectivity index (χ4n) is 4.90. The van der Waals surface area contributed by atoms with Gasteiger partial charge in [-0.05, 0) is 35.8 Å². The van der Waals surface area contributed by atoms with E-state index < -0.39 is 33.4 Å². The third-order valence-electron chi connectivity index (χ3n) is 6.24. The monoisotopic (exact) mass is 427 g/mol. The van der Waals surface area contributed by atoms with Crippen LogP contribution in [0.1, 0.15) is 17.5 Å². The van der Waals surface area contributed by atoms with E-state index in [1.807, 2.05) is 66.7 Å². The highest BCUT2D eigenvalue weighted by atomic mass is 32.3. The number of hydrogen-bond donors (Lipinski definition) is 1. The molecule has 0 saturated carbocycles. The Balaban J connectivity index is 1.46. The Morgan fingerprint density at radius 1 is 1.20 bits per heavy atom. The van der Waals surface area contributed by atoms with Gasteiger partial charge >= 0.3 is 0 Å². The summed E-state index contributed by atoms with van der Waals surface area (Å²) in [6.07, 6.45) is 4.26. The molecule has 0 aromatic heterocycles. The van der Waals surface area contributed by atoms with Crippen LogP contribution >= 0.6 is 0 Å². The zero-order valence-corrected chi connectivity index (χ0v) is 17.5. The Hall–Kier alpha value is -2.03. The van der Waals surface area contributed by atoms with E-state index >= 15 is 0 Å². The van der Waals surface area contributed by atoms with E-state index in [0.29, 0.717) is 19.4 Å². The molecule has 1 spiro atoms. The summed E-state index contributed by atoms with van der Waals surface area (Å²) in [6, 6.07) is 17.1. The number of ether oxygens (including phenoxy) is 3. The first kappa shape index (κ1) is 19.9. The molecule has 2 bridgehead atoms. The molecule has 30 heavy (non-hydrogen) atoms. The maximum atomic E-state index is 13.1. The highest BCUT2D eigenvalue weighted by Crippen LogP contribution is 2.50. The van der Waals surface area contributed by atoms with Crippen molar-refractivity contribution >= 4 is 10.4 Å². The molecule has 3 aliphatic rings. The zero-order valence-electron chi connectivity index (χ0n) is 16.7. The smallest absolute Gasteiger partial charge is 0.175 e. The van der Waals surface area contributed by atoms with Crippen molar-refractivity contribution in [3.05, 3.63) is 77.9 Å². The van der Waals surface area contributed by atoms with Gasteiger partial charge in [-0.3, -0.25) is 0 Å². The molecule has 2 fully saturated rings. The third kappa shape index (κ3) is 3.40. The summed E-state index contributed by atoms with van der Waals surface area (Å²) in [6.45, 7) is 0.339. The van der Waals surface area contributed by atoms with Gasteiger partial charge in [0.05, 0.1) is 25.9 Å². The molecule has 2 aromatic rings. The number of benzene rings is 2. The summed E-state index contributed by atoms with van der Waals surface area (Å²) < 4.78 is 47.0. The molecule has 1 N–H and O–H groups in total. The van der Waals surface area contributed by atoms with E-state index in [1.54, 1.807) is 7.11 Å². The minimum absolute atomic E-state index is 0.176. The van der Waals surface area contributed by atoms with Crippen LogP contribution in [0.25, 0.3) is 0 Å². The number of fused-ring (bicyclic) bond motifs is 1. The van der Waals surface area contributed by atoms with E-state index in [4.69, 9.17) is 14.2 Å². The van der Waals surface area contributed by atoms with Crippen molar-refractivity contribution in [3.63, 3.8) is 0 Å². The molecule has 0 aliphatic carbocycles. The highest BCUT2D eigenvalue weighted by molar-refractivity contribution is 7.96. The van der Waals surface area contributed by atoms with Gasteiger partial charge in [-0.25, -0.2) is 0 Å². The van der Waals surface area contributed by atoms with E-state index in [-0.39, 0.29) is 6.10 Å². The molecule has 3 aliphatic heterocycles. The molecule has 6 nitrogen and oxygen atoms in total. The molecule has 2 aromatic carbocycles. The van der Waals surface area contributed by atoms with E-state index in [2.05, 4.69) is 4.72 Å². The van der Waals surface area contributed by atoms with Gasteiger partial charge in [0.25, 0.3) is 0 Å². The molecular formula is C23H25NO5S. The van der Waals surface area contributed by atoms with Gasteiger partial charge in [-0.2, -0.15) is 0 Å². The molecule has 2 saturated heterocycles. The lowest BCUT2D eigenvalue weighted by molar-refractivity contribution is -0.116. The number of sulfonamides is 1. The number of methoxy groups -OCH3 is 1.